The van der Waals surface area contributed by atoms with Crippen molar-refractivity contribution in [2.24, 2.45) is 0 Å². The van der Waals surface area contributed by atoms with E-state index in [4.69, 9.17) is 4.74 Å². The number of ether oxygens (including phenoxy) is 1. The molecule has 1 atom stereocenters. The molecule has 2 fully saturated rings. The molecule has 0 N–H and O–H groups in total. The van der Waals surface area contributed by atoms with Crippen LogP contribution in [0.5, 0.6) is 0 Å². The average molecular weight is 370 g/mol. The van der Waals surface area contributed by atoms with E-state index in [2.05, 4.69) is 20.4 Å². The van der Waals surface area contributed by atoms with Gasteiger partial charge in [-0.2, -0.15) is 4.68 Å². The monoisotopic (exact) mass is 370 g/mol. The van der Waals surface area contributed by atoms with Gasteiger partial charge in [-0.3, -0.25) is 9.69 Å². The topological polar surface area (TPSA) is 76.4 Å². The quantitative estimate of drug-likeness (QED) is 0.753. The van der Waals surface area contributed by atoms with Crippen molar-refractivity contribution >= 4 is 5.91 Å². The van der Waals surface area contributed by atoms with Crippen LogP contribution in [0.3, 0.4) is 0 Å². The molecule has 8 heteroatoms. The van der Waals surface area contributed by atoms with Gasteiger partial charge in [0.25, 0.3) is 5.91 Å². The second kappa shape index (κ2) is 8.58. The van der Waals surface area contributed by atoms with Gasteiger partial charge in [0.1, 0.15) is 6.10 Å². The molecule has 0 unspecified atom stereocenters. The fraction of sp³-hybridized carbons (Fsp3) is 0.579. The molecule has 2 aliphatic rings. The maximum absolute atomic E-state index is 12.4. The van der Waals surface area contributed by atoms with Crippen molar-refractivity contribution in [3.8, 4) is 5.69 Å². The van der Waals surface area contributed by atoms with E-state index in [9.17, 15) is 4.79 Å². The van der Waals surface area contributed by atoms with Crippen LogP contribution in [-0.4, -0.2) is 81.3 Å². The summed E-state index contributed by atoms with van der Waals surface area (Å²) in [5.74, 6) is 1.06. The molecule has 0 aliphatic carbocycles. The molecule has 2 aliphatic heterocycles. The van der Waals surface area contributed by atoms with Crippen molar-refractivity contribution in [2.45, 2.75) is 31.8 Å². The van der Waals surface area contributed by atoms with Gasteiger partial charge in [-0.05, 0) is 48.4 Å². The number of carbonyl (C=O) groups excluding carboxylic acids is 1. The van der Waals surface area contributed by atoms with Gasteiger partial charge in [0, 0.05) is 39.2 Å². The number of tetrazole rings is 1. The largest absolute Gasteiger partial charge is 0.368 e. The predicted molar refractivity (Wildman–Crippen MR) is 99.5 cm³/mol. The summed E-state index contributed by atoms with van der Waals surface area (Å²) in [6.07, 6.45) is 3.49. The molecule has 8 nitrogen and oxygen atoms in total. The summed E-state index contributed by atoms with van der Waals surface area (Å²) in [7, 11) is 0. The third-order valence-electron chi connectivity index (χ3n) is 5.30. The first-order valence-corrected chi connectivity index (χ1v) is 9.77. The van der Waals surface area contributed by atoms with Crippen LogP contribution in [0.4, 0.5) is 0 Å². The summed E-state index contributed by atoms with van der Waals surface area (Å²) in [6.45, 7) is 5.13. The van der Waals surface area contributed by atoms with Gasteiger partial charge >= 0.3 is 0 Å². The Morgan fingerprint density at radius 2 is 1.96 bits per heavy atom. The molecular weight excluding hydrogens is 344 g/mol. The second-order valence-electron chi connectivity index (χ2n) is 7.11. The van der Waals surface area contributed by atoms with Gasteiger partial charge in [-0.1, -0.05) is 18.2 Å². The van der Waals surface area contributed by atoms with Crippen LogP contribution in [-0.2, 0) is 16.0 Å². The normalized spacial score (nSPS) is 20.9. The van der Waals surface area contributed by atoms with Crippen molar-refractivity contribution in [2.75, 3.05) is 39.3 Å². The van der Waals surface area contributed by atoms with Crippen molar-refractivity contribution in [3.63, 3.8) is 0 Å². The number of hydrogen-bond acceptors (Lipinski definition) is 6. The van der Waals surface area contributed by atoms with Crippen molar-refractivity contribution in [1.29, 1.82) is 0 Å². The predicted octanol–water partition coefficient (Wildman–Crippen LogP) is 0.918. The minimum absolute atomic E-state index is 0.175. The number of carbonyl (C=O) groups is 1. The summed E-state index contributed by atoms with van der Waals surface area (Å²) in [5, 5.41) is 12.1. The number of hydrogen-bond donors (Lipinski definition) is 0. The van der Waals surface area contributed by atoms with E-state index >= 15 is 0 Å². The number of amides is 1. The average Bonchev–Trinajstić information content (AvgIpc) is 3.41. The lowest BCUT2D eigenvalue weighted by Crippen LogP contribution is -2.51. The lowest BCUT2D eigenvalue weighted by molar-refractivity contribution is -0.142. The molecule has 1 aromatic heterocycles. The Balaban J connectivity index is 1.22. The molecule has 2 aromatic rings. The highest BCUT2D eigenvalue weighted by molar-refractivity contribution is 5.81. The van der Waals surface area contributed by atoms with Crippen LogP contribution in [0.25, 0.3) is 5.69 Å². The maximum atomic E-state index is 12.4. The van der Waals surface area contributed by atoms with Gasteiger partial charge in [0.15, 0.2) is 5.82 Å². The molecule has 0 spiro atoms. The summed E-state index contributed by atoms with van der Waals surface area (Å²) in [6, 6.07) is 9.96. The summed E-state index contributed by atoms with van der Waals surface area (Å²) in [5.41, 5.74) is 0.985. The summed E-state index contributed by atoms with van der Waals surface area (Å²) >= 11 is 0. The van der Waals surface area contributed by atoms with Crippen LogP contribution in [0, 0.1) is 0 Å². The number of rotatable bonds is 6. The minimum Gasteiger partial charge on any atom is -0.368 e. The first-order chi connectivity index (χ1) is 13.3. The maximum Gasteiger partial charge on any atom is 0.251 e. The zero-order valence-electron chi connectivity index (χ0n) is 15.5. The molecule has 0 bridgehead atoms. The fourth-order valence-electron chi connectivity index (χ4n) is 3.76. The molecule has 1 aromatic carbocycles. The molecule has 0 radical (unpaired) electrons. The molecule has 1 amide bonds. The van der Waals surface area contributed by atoms with Gasteiger partial charge in [0.05, 0.1) is 5.69 Å². The van der Waals surface area contributed by atoms with Crippen LogP contribution in [0.2, 0.25) is 0 Å². The highest BCUT2D eigenvalue weighted by Gasteiger charge is 2.30. The zero-order chi connectivity index (χ0) is 18.5. The number of nitrogens with zero attached hydrogens (tertiary/aromatic N) is 6. The van der Waals surface area contributed by atoms with E-state index < -0.39 is 0 Å². The Kier molecular flexibility index (Phi) is 5.74. The van der Waals surface area contributed by atoms with E-state index in [0.29, 0.717) is 0 Å². The molecule has 3 heterocycles. The lowest BCUT2D eigenvalue weighted by Gasteiger charge is -2.35. The van der Waals surface area contributed by atoms with Gasteiger partial charge in [0.2, 0.25) is 0 Å². The lowest BCUT2D eigenvalue weighted by atomic mass is 10.2. The van der Waals surface area contributed by atoms with Crippen LogP contribution >= 0.6 is 0 Å². The summed E-state index contributed by atoms with van der Waals surface area (Å²) < 4.78 is 7.33. The molecule has 4 rings (SSSR count). The Labute approximate surface area is 159 Å². The standard InChI is InChI=1S/C19H26N6O2/c26-19(17-8-5-15-27-17)24-13-11-23(12-14-24)10-4-9-18-20-21-22-25(18)16-6-2-1-3-7-16/h1-3,6-7,17H,4-5,8-15H2/t17-/m1/s1. The molecule has 0 saturated carbocycles. The Morgan fingerprint density at radius 3 is 2.70 bits per heavy atom. The Hall–Kier alpha value is -2.32. The van der Waals surface area contributed by atoms with E-state index in [1.807, 2.05) is 35.2 Å². The van der Waals surface area contributed by atoms with E-state index in [0.717, 1.165) is 76.5 Å². The number of benzene rings is 1. The molecule has 2 saturated heterocycles. The van der Waals surface area contributed by atoms with E-state index in [1.165, 1.54) is 0 Å². The minimum atomic E-state index is -0.201. The Morgan fingerprint density at radius 1 is 1.15 bits per heavy atom. The number of para-hydroxylation sites is 1. The highest BCUT2D eigenvalue weighted by Crippen LogP contribution is 2.16. The zero-order valence-corrected chi connectivity index (χ0v) is 15.5. The van der Waals surface area contributed by atoms with Gasteiger partial charge in [-0.15, -0.1) is 5.10 Å². The Bertz CT molecular complexity index is 736. The smallest absolute Gasteiger partial charge is 0.251 e. The van der Waals surface area contributed by atoms with E-state index in [-0.39, 0.29) is 12.0 Å². The SMILES string of the molecule is O=C([C@H]1CCCO1)N1CCN(CCCc2nnnn2-c2ccccc2)CC1. The number of aromatic nitrogens is 4. The number of aryl methyl sites for hydroxylation is 1. The summed E-state index contributed by atoms with van der Waals surface area (Å²) in [4.78, 5) is 16.8. The number of piperazine rings is 1. The first-order valence-electron chi connectivity index (χ1n) is 9.77. The molecule has 144 valence electrons. The van der Waals surface area contributed by atoms with Crippen molar-refractivity contribution < 1.29 is 9.53 Å². The third kappa shape index (κ3) is 4.33. The highest BCUT2D eigenvalue weighted by atomic mass is 16.5. The third-order valence-corrected chi connectivity index (χ3v) is 5.30. The molecule has 27 heavy (non-hydrogen) atoms. The fourth-order valence-corrected chi connectivity index (χ4v) is 3.76. The molecular formula is C19H26N6O2. The van der Waals surface area contributed by atoms with Crippen LogP contribution < -0.4 is 0 Å². The van der Waals surface area contributed by atoms with Crippen LogP contribution in [0.15, 0.2) is 30.3 Å². The van der Waals surface area contributed by atoms with E-state index in [1.54, 1.807) is 4.68 Å². The van der Waals surface area contributed by atoms with Crippen molar-refractivity contribution in [3.05, 3.63) is 36.2 Å². The van der Waals surface area contributed by atoms with Crippen LogP contribution in [0.1, 0.15) is 25.1 Å². The second-order valence-corrected chi connectivity index (χ2v) is 7.11. The van der Waals surface area contributed by atoms with Crippen molar-refractivity contribution in [1.82, 2.24) is 30.0 Å². The van der Waals surface area contributed by atoms with Gasteiger partial charge in [-0.25, -0.2) is 0 Å². The van der Waals surface area contributed by atoms with Gasteiger partial charge < -0.3 is 9.64 Å². The first kappa shape index (κ1) is 18.1.